The van der Waals surface area contributed by atoms with Crippen molar-refractivity contribution in [1.82, 2.24) is 0 Å². The smallest absolute Gasteiger partial charge is 0.282 e. The van der Waals surface area contributed by atoms with Gasteiger partial charge in [-0.3, -0.25) is 0 Å². The van der Waals surface area contributed by atoms with E-state index in [2.05, 4.69) is 20.4 Å². The number of methoxy groups -OCH3 is 3. The fourth-order valence-electron chi connectivity index (χ4n) is 1.85. The summed E-state index contributed by atoms with van der Waals surface area (Å²) in [6.07, 6.45) is 12.7. The zero-order valence-electron chi connectivity index (χ0n) is 14.4. The van der Waals surface area contributed by atoms with E-state index in [4.69, 9.17) is 14.2 Å². The van der Waals surface area contributed by atoms with Crippen molar-refractivity contribution in [3.05, 3.63) is 12.7 Å². The van der Waals surface area contributed by atoms with Crippen molar-refractivity contribution >= 4 is 0 Å². The second-order valence-corrected chi connectivity index (χ2v) is 4.86. The van der Waals surface area contributed by atoms with Gasteiger partial charge in [0.05, 0.1) is 0 Å². The number of rotatable bonds is 12. The molecule has 0 aliphatic heterocycles. The fraction of sp³-hybridized carbons (Fsp3) is 0.882. The van der Waals surface area contributed by atoms with Crippen LogP contribution in [0.3, 0.4) is 0 Å². The van der Waals surface area contributed by atoms with Gasteiger partial charge in [-0.25, -0.2) is 0 Å². The molecule has 0 bridgehead atoms. The molecule has 0 aliphatic rings. The lowest BCUT2D eigenvalue weighted by Gasteiger charge is -2.28. The van der Waals surface area contributed by atoms with Crippen LogP contribution in [-0.2, 0) is 14.2 Å². The number of unbranched alkanes of at least 4 members (excludes halogenated alkanes) is 6. The van der Waals surface area contributed by atoms with Gasteiger partial charge in [0, 0.05) is 27.8 Å². The molecule has 0 unspecified atom stereocenters. The quantitative estimate of drug-likeness (QED) is 0.277. The first kappa shape index (κ1) is 21.9. The molecule has 0 aromatic rings. The molecule has 3 heteroatoms. The Labute approximate surface area is 126 Å². The van der Waals surface area contributed by atoms with E-state index in [0.29, 0.717) is 0 Å². The lowest BCUT2D eigenvalue weighted by molar-refractivity contribution is -0.355. The summed E-state index contributed by atoms with van der Waals surface area (Å²) >= 11 is 0. The van der Waals surface area contributed by atoms with E-state index in [1.807, 2.05) is 6.08 Å². The van der Waals surface area contributed by atoms with Crippen LogP contribution >= 0.6 is 0 Å². The van der Waals surface area contributed by atoms with Gasteiger partial charge >= 0.3 is 0 Å². The molecule has 20 heavy (non-hydrogen) atoms. The Morgan fingerprint density at radius 2 is 1.20 bits per heavy atom. The van der Waals surface area contributed by atoms with Gasteiger partial charge < -0.3 is 14.2 Å². The summed E-state index contributed by atoms with van der Waals surface area (Å²) in [6.45, 7) is 7.78. The minimum atomic E-state index is -0.830. The Hall–Kier alpha value is -0.380. The van der Waals surface area contributed by atoms with Crippen molar-refractivity contribution in [2.45, 2.75) is 77.6 Å². The third kappa shape index (κ3) is 12.6. The van der Waals surface area contributed by atoms with E-state index in [-0.39, 0.29) is 0 Å². The molecule has 0 aromatic heterocycles. The predicted octanol–water partition coefficient (Wildman–Crippen LogP) is 5.30. The maximum absolute atomic E-state index is 5.24. The van der Waals surface area contributed by atoms with Gasteiger partial charge in [-0.15, -0.1) is 6.58 Å². The van der Waals surface area contributed by atoms with Crippen LogP contribution in [0.15, 0.2) is 12.7 Å². The SMILES string of the molecule is C=CCC.CCCCCCCCCC(OC)(OC)OC. The first-order chi connectivity index (χ1) is 9.66. The zero-order chi connectivity index (χ0) is 15.7. The van der Waals surface area contributed by atoms with Gasteiger partial charge in [0.15, 0.2) is 0 Å². The van der Waals surface area contributed by atoms with E-state index in [9.17, 15) is 0 Å². The first-order valence-corrected chi connectivity index (χ1v) is 7.92. The van der Waals surface area contributed by atoms with Gasteiger partial charge in [0.2, 0.25) is 0 Å². The minimum Gasteiger partial charge on any atom is -0.331 e. The second kappa shape index (κ2) is 16.7. The molecule has 122 valence electrons. The van der Waals surface area contributed by atoms with Gasteiger partial charge in [0.1, 0.15) is 0 Å². The fourth-order valence-corrected chi connectivity index (χ4v) is 1.85. The largest absolute Gasteiger partial charge is 0.331 e. The van der Waals surface area contributed by atoms with Crippen LogP contribution in [-0.4, -0.2) is 27.3 Å². The summed E-state index contributed by atoms with van der Waals surface area (Å²) in [5, 5.41) is 0. The van der Waals surface area contributed by atoms with Crippen LogP contribution < -0.4 is 0 Å². The molecule has 0 aromatic carbocycles. The van der Waals surface area contributed by atoms with Crippen LogP contribution in [0.5, 0.6) is 0 Å². The highest BCUT2D eigenvalue weighted by molar-refractivity contribution is 4.60. The molecule has 0 aliphatic carbocycles. The summed E-state index contributed by atoms with van der Waals surface area (Å²) in [7, 11) is 4.86. The van der Waals surface area contributed by atoms with Crippen LogP contribution in [0.25, 0.3) is 0 Å². The number of hydrogen-bond acceptors (Lipinski definition) is 3. The molecule has 0 amide bonds. The average Bonchev–Trinajstić information content (AvgIpc) is 2.51. The third-order valence-electron chi connectivity index (χ3n) is 3.31. The van der Waals surface area contributed by atoms with Gasteiger partial charge in [-0.05, 0) is 12.8 Å². The van der Waals surface area contributed by atoms with Crippen LogP contribution in [0.2, 0.25) is 0 Å². The Bertz CT molecular complexity index is 180. The molecule has 0 saturated carbocycles. The molecule has 0 radical (unpaired) electrons. The predicted molar refractivity (Wildman–Crippen MR) is 86.9 cm³/mol. The van der Waals surface area contributed by atoms with E-state index in [1.54, 1.807) is 21.3 Å². The molecule has 0 fully saturated rings. The zero-order valence-corrected chi connectivity index (χ0v) is 14.4. The first-order valence-electron chi connectivity index (χ1n) is 7.92. The van der Waals surface area contributed by atoms with Crippen molar-refractivity contribution in [2.75, 3.05) is 21.3 Å². The highest BCUT2D eigenvalue weighted by Gasteiger charge is 2.28. The van der Waals surface area contributed by atoms with Crippen molar-refractivity contribution in [3.63, 3.8) is 0 Å². The Morgan fingerprint density at radius 3 is 1.55 bits per heavy atom. The lowest BCUT2D eigenvalue weighted by Crippen LogP contribution is -2.35. The van der Waals surface area contributed by atoms with Crippen LogP contribution in [0, 0.1) is 0 Å². The molecular formula is C17H36O3. The maximum Gasteiger partial charge on any atom is 0.282 e. The maximum atomic E-state index is 5.24. The summed E-state index contributed by atoms with van der Waals surface area (Å²) in [4.78, 5) is 0. The molecule has 0 heterocycles. The average molecular weight is 288 g/mol. The monoisotopic (exact) mass is 288 g/mol. The van der Waals surface area contributed by atoms with Crippen molar-refractivity contribution in [2.24, 2.45) is 0 Å². The van der Waals surface area contributed by atoms with Crippen LogP contribution in [0.1, 0.15) is 71.6 Å². The molecule has 0 atom stereocenters. The molecule has 3 nitrogen and oxygen atoms in total. The molecule has 0 rings (SSSR count). The van der Waals surface area contributed by atoms with Crippen molar-refractivity contribution in [3.8, 4) is 0 Å². The molecule has 0 saturated heterocycles. The Kier molecular flexibility index (Phi) is 18.3. The van der Waals surface area contributed by atoms with Crippen LogP contribution in [0.4, 0.5) is 0 Å². The second-order valence-electron chi connectivity index (χ2n) is 4.86. The number of allylic oxidation sites excluding steroid dienone is 1. The molecular weight excluding hydrogens is 252 g/mol. The van der Waals surface area contributed by atoms with Crippen molar-refractivity contribution < 1.29 is 14.2 Å². The lowest BCUT2D eigenvalue weighted by atomic mass is 10.1. The summed E-state index contributed by atoms with van der Waals surface area (Å²) < 4.78 is 15.7. The van der Waals surface area contributed by atoms with E-state index >= 15 is 0 Å². The molecule has 0 N–H and O–H groups in total. The highest BCUT2D eigenvalue weighted by Crippen LogP contribution is 2.21. The normalized spacial score (nSPS) is 10.8. The summed E-state index contributed by atoms with van der Waals surface area (Å²) in [6, 6.07) is 0. The topological polar surface area (TPSA) is 27.7 Å². The Morgan fingerprint density at radius 1 is 0.800 bits per heavy atom. The van der Waals surface area contributed by atoms with E-state index < -0.39 is 5.97 Å². The minimum absolute atomic E-state index is 0.796. The highest BCUT2D eigenvalue weighted by atomic mass is 16.9. The van der Waals surface area contributed by atoms with Crippen molar-refractivity contribution in [1.29, 1.82) is 0 Å². The van der Waals surface area contributed by atoms with Gasteiger partial charge in [-0.1, -0.05) is 58.4 Å². The standard InChI is InChI=1S/C13H28O3.C4H8/c1-5-6-7-8-9-10-11-12-13(14-2,15-3)16-4;1-3-4-2/h5-12H2,1-4H3;3H,1,4H2,2H3. The van der Waals surface area contributed by atoms with E-state index in [0.717, 1.165) is 19.3 Å². The third-order valence-corrected chi connectivity index (χ3v) is 3.31. The summed E-state index contributed by atoms with van der Waals surface area (Å²) in [5.74, 6) is -0.830. The molecule has 0 spiro atoms. The number of ether oxygens (including phenoxy) is 3. The number of hydrogen-bond donors (Lipinski definition) is 0. The summed E-state index contributed by atoms with van der Waals surface area (Å²) in [5.41, 5.74) is 0. The van der Waals surface area contributed by atoms with E-state index in [1.165, 1.54) is 38.5 Å². The van der Waals surface area contributed by atoms with Gasteiger partial charge in [0.25, 0.3) is 5.97 Å². The Balaban J connectivity index is 0. The van der Waals surface area contributed by atoms with Gasteiger partial charge in [-0.2, -0.15) is 0 Å².